The smallest absolute Gasteiger partial charge is 0.858 e. The molecule has 0 N–H and O–H groups in total. The molecule has 0 fully saturated rings. The Balaban J connectivity index is 0.000001000. The first kappa shape index (κ1) is 11.8. The van der Waals surface area contributed by atoms with Gasteiger partial charge in [-0.1, -0.05) is 34.8 Å². The molecule has 0 bridgehead atoms. The Morgan fingerprint density at radius 3 is 2.18 bits per heavy atom. The van der Waals surface area contributed by atoms with E-state index < -0.39 is 5.88 Å². The van der Waals surface area contributed by atoms with Crippen LogP contribution in [0.4, 0.5) is 0 Å². The minimum Gasteiger partial charge on any atom is -0.858 e. The molecule has 0 radical (unpaired) electrons. The van der Waals surface area contributed by atoms with Crippen molar-refractivity contribution in [3.63, 3.8) is 0 Å². The van der Waals surface area contributed by atoms with Gasteiger partial charge in [-0.05, 0) is 0 Å². The van der Waals surface area contributed by atoms with Gasteiger partial charge in [-0.25, -0.2) is 0 Å². The fourth-order valence-corrected chi connectivity index (χ4v) is 0.899. The summed E-state index contributed by atoms with van der Waals surface area (Å²) in [7, 11) is 0. The Kier molecular flexibility index (Phi) is 5.10. The van der Waals surface area contributed by atoms with Crippen LogP contribution in [-0.2, 0) is 0 Å². The third kappa shape index (κ3) is 2.65. The summed E-state index contributed by atoms with van der Waals surface area (Å²) >= 11 is 16.3. The third-order valence-corrected chi connectivity index (χ3v) is 2.11. The molecule has 1 rings (SSSR count). The van der Waals surface area contributed by atoms with E-state index in [0.717, 1.165) is 6.20 Å². The van der Waals surface area contributed by atoms with E-state index in [0.29, 0.717) is 0 Å². The summed E-state index contributed by atoms with van der Waals surface area (Å²) in [5, 5.41) is 10.7. The summed E-state index contributed by atoms with van der Waals surface area (Å²) < 4.78 is 0. The van der Waals surface area contributed by atoms with E-state index in [9.17, 15) is 5.11 Å². The number of halogens is 3. The molecule has 54 valence electrons. The van der Waals surface area contributed by atoms with Gasteiger partial charge in [0.05, 0.1) is 15.1 Å². The summed E-state index contributed by atoms with van der Waals surface area (Å²) in [6, 6.07) is 0. The second kappa shape index (κ2) is 4.75. The van der Waals surface area contributed by atoms with Crippen LogP contribution in [0, 0.1) is 0 Å². The SMILES string of the molecule is [Na+].[O-]c1ncc(Cl)c(Cl)c1Cl. The maximum Gasteiger partial charge on any atom is 1.00 e. The monoisotopic (exact) mass is 219 g/mol. The Hall–Kier alpha value is 0.820. The third-order valence-electron chi connectivity index (χ3n) is 0.885. The van der Waals surface area contributed by atoms with Gasteiger partial charge in [0.1, 0.15) is 0 Å². The molecule has 0 unspecified atom stereocenters. The fraction of sp³-hybridized carbons (Fsp3) is 0. The maximum atomic E-state index is 10.6. The summed E-state index contributed by atoms with van der Waals surface area (Å²) in [5.74, 6) is -0.559. The van der Waals surface area contributed by atoms with Crippen LogP contribution >= 0.6 is 34.8 Å². The van der Waals surface area contributed by atoms with Gasteiger partial charge in [0.15, 0.2) is 0 Å². The van der Waals surface area contributed by atoms with Crippen LogP contribution in [-0.4, -0.2) is 4.98 Å². The fourth-order valence-electron chi connectivity index (χ4n) is 0.427. The predicted octanol–water partition coefficient (Wildman–Crippen LogP) is -0.881. The van der Waals surface area contributed by atoms with E-state index in [1.165, 1.54) is 0 Å². The number of nitrogens with zero attached hydrogens (tertiary/aromatic N) is 1. The molecule has 0 spiro atoms. The quantitative estimate of drug-likeness (QED) is 0.532. The van der Waals surface area contributed by atoms with Crippen molar-refractivity contribution < 1.29 is 34.7 Å². The van der Waals surface area contributed by atoms with Gasteiger partial charge < -0.3 is 5.11 Å². The van der Waals surface area contributed by atoms with Crippen LogP contribution in [0.1, 0.15) is 0 Å². The standard InChI is InChI=1S/C5H2Cl3NO.Na/c6-2-1-9-5(10)4(8)3(2)7;/h1H,(H,9,10);/q;+1/p-1. The van der Waals surface area contributed by atoms with Gasteiger partial charge >= 0.3 is 29.6 Å². The normalized spacial score (nSPS) is 9.00. The largest absolute Gasteiger partial charge is 1.00 e. The first-order valence-electron chi connectivity index (χ1n) is 2.29. The van der Waals surface area contributed by atoms with E-state index in [1.807, 2.05) is 0 Å². The van der Waals surface area contributed by atoms with Gasteiger partial charge in [-0.2, -0.15) is 0 Å². The zero-order valence-electron chi connectivity index (χ0n) is 5.57. The Labute approximate surface area is 101 Å². The Bertz CT molecular complexity index is 241. The van der Waals surface area contributed by atoms with E-state index in [2.05, 4.69) is 4.98 Å². The van der Waals surface area contributed by atoms with Crippen molar-refractivity contribution in [2.75, 3.05) is 0 Å². The minimum absolute atomic E-state index is 0. The molecule has 0 saturated carbocycles. The van der Waals surface area contributed by atoms with Crippen LogP contribution in [0.15, 0.2) is 6.20 Å². The average Bonchev–Trinajstić information content (AvgIpc) is 1.93. The molecule has 1 aromatic heterocycles. The van der Waals surface area contributed by atoms with Crippen LogP contribution in [0.2, 0.25) is 15.1 Å². The molecule has 1 aromatic rings. The summed E-state index contributed by atoms with van der Waals surface area (Å²) in [6.45, 7) is 0. The molecule has 6 heteroatoms. The molecule has 0 aliphatic rings. The van der Waals surface area contributed by atoms with Crippen LogP contribution < -0.4 is 34.7 Å². The van der Waals surface area contributed by atoms with Crippen LogP contribution in [0.3, 0.4) is 0 Å². The van der Waals surface area contributed by atoms with Gasteiger partial charge in [0, 0.05) is 12.1 Å². The molecule has 0 atom stereocenters. The molecule has 0 amide bonds. The van der Waals surface area contributed by atoms with Crippen molar-refractivity contribution in [2.45, 2.75) is 0 Å². The van der Waals surface area contributed by atoms with Crippen molar-refractivity contribution >= 4 is 34.8 Å². The van der Waals surface area contributed by atoms with Gasteiger partial charge in [0.25, 0.3) is 0 Å². The molecule has 0 saturated heterocycles. The van der Waals surface area contributed by atoms with E-state index in [4.69, 9.17) is 34.8 Å². The van der Waals surface area contributed by atoms with Gasteiger partial charge in [0.2, 0.25) is 0 Å². The topological polar surface area (TPSA) is 36.0 Å². The number of pyridine rings is 1. The zero-order chi connectivity index (χ0) is 7.72. The summed E-state index contributed by atoms with van der Waals surface area (Å²) in [5.41, 5.74) is 0. The first-order valence-corrected chi connectivity index (χ1v) is 3.43. The first-order chi connectivity index (χ1) is 4.63. The second-order valence-corrected chi connectivity index (χ2v) is 2.70. The van der Waals surface area contributed by atoms with E-state index in [-0.39, 0.29) is 44.6 Å². The van der Waals surface area contributed by atoms with E-state index >= 15 is 0 Å². The van der Waals surface area contributed by atoms with Crippen molar-refractivity contribution in [1.29, 1.82) is 0 Å². The predicted molar refractivity (Wildman–Crippen MR) is 38.7 cm³/mol. The molecular formula is C5HCl3NNaO. The van der Waals surface area contributed by atoms with Crippen LogP contribution in [0.25, 0.3) is 0 Å². The number of rotatable bonds is 0. The summed E-state index contributed by atoms with van der Waals surface area (Å²) in [6.07, 6.45) is 1.16. The maximum absolute atomic E-state index is 10.6. The molecular weight excluding hydrogens is 219 g/mol. The minimum atomic E-state index is -0.559. The number of hydrogen-bond donors (Lipinski definition) is 0. The second-order valence-electron chi connectivity index (χ2n) is 1.54. The number of hydrogen-bond acceptors (Lipinski definition) is 2. The summed E-state index contributed by atoms with van der Waals surface area (Å²) in [4.78, 5) is 3.34. The van der Waals surface area contributed by atoms with Crippen molar-refractivity contribution in [3.8, 4) is 5.88 Å². The van der Waals surface area contributed by atoms with E-state index in [1.54, 1.807) is 0 Å². The molecule has 0 aromatic carbocycles. The van der Waals surface area contributed by atoms with Crippen molar-refractivity contribution in [2.24, 2.45) is 0 Å². The van der Waals surface area contributed by atoms with Crippen molar-refractivity contribution in [3.05, 3.63) is 21.3 Å². The molecule has 11 heavy (non-hydrogen) atoms. The Morgan fingerprint density at radius 2 is 1.73 bits per heavy atom. The van der Waals surface area contributed by atoms with Gasteiger partial charge in [-0.15, -0.1) is 0 Å². The average molecular weight is 220 g/mol. The zero-order valence-corrected chi connectivity index (χ0v) is 9.83. The molecule has 1 heterocycles. The van der Waals surface area contributed by atoms with Gasteiger partial charge in [-0.3, -0.25) is 4.98 Å². The molecule has 0 aliphatic carbocycles. The van der Waals surface area contributed by atoms with Crippen LogP contribution in [0.5, 0.6) is 5.88 Å². The Morgan fingerprint density at radius 1 is 1.18 bits per heavy atom. The van der Waals surface area contributed by atoms with Crippen molar-refractivity contribution in [1.82, 2.24) is 4.98 Å². The number of aromatic nitrogens is 1. The molecule has 2 nitrogen and oxygen atoms in total. The molecule has 0 aliphatic heterocycles.